The molecule has 0 spiro atoms. The molecule has 1 aromatic carbocycles. The van der Waals surface area contributed by atoms with Crippen molar-refractivity contribution in [1.82, 2.24) is 0 Å². The smallest absolute Gasteiger partial charge is 0.250 e. The maximum atomic E-state index is 10.8. The average molecular weight is 215 g/mol. The third kappa shape index (κ3) is 2.61. The highest BCUT2D eigenvalue weighted by molar-refractivity contribution is 6.33. The van der Waals surface area contributed by atoms with E-state index in [2.05, 4.69) is 0 Å². The fourth-order valence-electron chi connectivity index (χ4n) is 0.962. The highest BCUT2D eigenvalue weighted by Gasteiger charge is 2.06. The minimum absolute atomic E-state index is 0.284. The van der Waals surface area contributed by atoms with E-state index in [9.17, 15) is 4.79 Å². The van der Waals surface area contributed by atoms with Gasteiger partial charge in [0.1, 0.15) is 12.4 Å². The van der Waals surface area contributed by atoms with Gasteiger partial charge in [-0.05, 0) is 18.2 Å². The molecule has 0 fully saturated rings. The van der Waals surface area contributed by atoms with E-state index in [4.69, 9.17) is 27.8 Å². The predicted octanol–water partition coefficient (Wildman–Crippen LogP) is 0.776. The molecule has 0 atom stereocenters. The Kier molecular flexibility index (Phi) is 3.73. The molecule has 0 aliphatic rings. The number of amides is 1. The van der Waals surface area contributed by atoms with Gasteiger partial charge in [-0.1, -0.05) is 11.6 Å². The van der Waals surface area contributed by atoms with E-state index >= 15 is 0 Å². The van der Waals surface area contributed by atoms with Gasteiger partial charge in [0, 0.05) is 6.54 Å². The number of hydrogen-bond donors (Lipinski definition) is 2. The van der Waals surface area contributed by atoms with Crippen molar-refractivity contribution in [2.45, 2.75) is 0 Å². The van der Waals surface area contributed by atoms with E-state index in [1.54, 1.807) is 6.07 Å². The number of rotatable bonds is 4. The molecule has 4 N–H and O–H groups in total. The Bertz CT molecular complexity index is 342. The number of nitrogens with two attached hydrogens (primary N) is 2. The number of halogens is 1. The summed E-state index contributed by atoms with van der Waals surface area (Å²) in [6, 6.07) is 4.69. The van der Waals surface area contributed by atoms with Gasteiger partial charge in [-0.15, -0.1) is 0 Å². The Labute approximate surface area is 86.8 Å². The minimum Gasteiger partial charge on any atom is -0.492 e. The molecule has 76 valence electrons. The van der Waals surface area contributed by atoms with Gasteiger partial charge < -0.3 is 16.2 Å². The van der Waals surface area contributed by atoms with Crippen molar-refractivity contribution in [3.05, 3.63) is 28.8 Å². The number of benzene rings is 1. The standard InChI is InChI=1S/C9H11ClN2O2/c10-8-5-6(14-4-3-11)1-2-7(8)9(12)13/h1-2,5H,3-4,11H2,(H2,12,13). The monoisotopic (exact) mass is 214 g/mol. The molecule has 1 aromatic rings. The second kappa shape index (κ2) is 4.83. The van der Waals surface area contributed by atoms with Crippen LogP contribution in [0.4, 0.5) is 0 Å². The summed E-state index contributed by atoms with van der Waals surface area (Å²) < 4.78 is 5.21. The largest absolute Gasteiger partial charge is 0.492 e. The lowest BCUT2D eigenvalue weighted by Gasteiger charge is -2.06. The highest BCUT2D eigenvalue weighted by atomic mass is 35.5. The molecule has 0 unspecified atom stereocenters. The van der Waals surface area contributed by atoms with E-state index in [0.29, 0.717) is 18.9 Å². The molecular weight excluding hydrogens is 204 g/mol. The maximum absolute atomic E-state index is 10.8. The first kappa shape index (κ1) is 10.8. The number of primary amides is 1. The summed E-state index contributed by atoms with van der Waals surface area (Å²) in [4.78, 5) is 10.8. The minimum atomic E-state index is -0.555. The van der Waals surface area contributed by atoms with Gasteiger partial charge in [0.25, 0.3) is 0 Å². The van der Waals surface area contributed by atoms with Crippen LogP contribution in [0, 0.1) is 0 Å². The van der Waals surface area contributed by atoms with Crippen LogP contribution in [0.15, 0.2) is 18.2 Å². The maximum Gasteiger partial charge on any atom is 0.250 e. The summed E-state index contributed by atoms with van der Waals surface area (Å²) >= 11 is 5.79. The van der Waals surface area contributed by atoms with Crippen LogP contribution < -0.4 is 16.2 Å². The molecule has 14 heavy (non-hydrogen) atoms. The summed E-state index contributed by atoms with van der Waals surface area (Å²) in [6.45, 7) is 0.835. The quantitative estimate of drug-likeness (QED) is 0.778. The van der Waals surface area contributed by atoms with E-state index < -0.39 is 5.91 Å². The summed E-state index contributed by atoms with van der Waals surface area (Å²) in [5.74, 6) is 0.0193. The topological polar surface area (TPSA) is 78.3 Å². The van der Waals surface area contributed by atoms with E-state index in [1.165, 1.54) is 12.1 Å². The second-order valence-electron chi connectivity index (χ2n) is 2.64. The normalized spacial score (nSPS) is 9.86. The summed E-state index contributed by atoms with van der Waals surface area (Å²) in [6.07, 6.45) is 0. The van der Waals surface area contributed by atoms with Crippen LogP contribution >= 0.6 is 11.6 Å². The van der Waals surface area contributed by atoms with Crippen molar-refractivity contribution in [1.29, 1.82) is 0 Å². The molecule has 1 rings (SSSR count). The number of ether oxygens (including phenoxy) is 1. The van der Waals surface area contributed by atoms with Crippen LogP contribution in [0.5, 0.6) is 5.75 Å². The van der Waals surface area contributed by atoms with Crippen molar-refractivity contribution >= 4 is 17.5 Å². The summed E-state index contributed by atoms with van der Waals surface area (Å²) in [7, 11) is 0. The zero-order valence-electron chi connectivity index (χ0n) is 7.50. The molecule has 0 aliphatic carbocycles. The predicted molar refractivity (Wildman–Crippen MR) is 54.5 cm³/mol. The zero-order valence-corrected chi connectivity index (χ0v) is 8.25. The van der Waals surface area contributed by atoms with Crippen molar-refractivity contribution < 1.29 is 9.53 Å². The number of hydrogen-bond acceptors (Lipinski definition) is 3. The fourth-order valence-corrected chi connectivity index (χ4v) is 1.23. The fraction of sp³-hybridized carbons (Fsp3) is 0.222. The Morgan fingerprint density at radius 3 is 2.71 bits per heavy atom. The van der Waals surface area contributed by atoms with Crippen LogP contribution in [0.3, 0.4) is 0 Å². The van der Waals surface area contributed by atoms with Gasteiger partial charge in [-0.25, -0.2) is 0 Å². The van der Waals surface area contributed by atoms with Gasteiger partial charge >= 0.3 is 0 Å². The highest BCUT2D eigenvalue weighted by Crippen LogP contribution is 2.21. The average Bonchev–Trinajstić information content (AvgIpc) is 2.14. The molecule has 0 heterocycles. The van der Waals surface area contributed by atoms with Crippen molar-refractivity contribution in [3.8, 4) is 5.75 Å². The third-order valence-corrected chi connectivity index (χ3v) is 1.91. The first-order valence-corrected chi connectivity index (χ1v) is 4.45. The Balaban J connectivity index is 2.83. The summed E-state index contributed by atoms with van der Waals surface area (Å²) in [5.41, 5.74) is 10.6. The second-order valence-corrected chi connectivity index (χ2v) is 3.05. The van der Waals surface area contributed by atoms with Crippen LogP contribution in [0.25, 0.3) is 0 Å². The van der Waals surface area contributed by atoms with E-state index in [-0.39, 0.29) is 10.6 Å². The first-order valence-electron chi connectivity index (χ1n) is 4.07. The molecule has 0 saturated carbocycles. The Morgan fingerprint density at radius 1 is 1.50 bits per heavy atom. The van der Waals surface area contributed by atoms with Crippen molar-refractivity contribution in [2.24, 2.45) is 11.5 Å². The molecule has 1 amide bonds. The van der Waals surface area contributed by atoms with Crippen molar-refractivity contribution in [2.75, 3.05) is 13.2 Å². The third-order valence-electron chi connectivity index (χ3n) is 1.59. The molecule has 5 heteroatoms. The van der Waals surface area contributed by atoms with Gasteiger partial charge in [0.2, 0.25) is 5.91 Å². The van der Waals surface area contributed by atoms with Crippen LogP contribution in [0.2, 0.25) is 5.02 Å². The van der Waals surface area contributed by atoms with Crippen LogP contribution in [-0.4, -0.2) is 19.1 Å². The van der Waals surface area contributed by atoms with E-state index in [1.807, 2.05) is 0 Å². The molecule has 0 aromatic heterocycles. The van der Waals surface area contributed by atoms with Gasteiger partial charge in [0.15, 0.2) is 0 Å². The lowest BCUT2D eigenvalue weighted by molar-refractivity contribution is 0.100. The van der Waals surface area contributed by atoms with E-state index in [0.717, 1.165) is 0 Å². The molecule has 0 aliphatic heterocycles. The lowest BCUT2D eigenvalue weighted by atomic mass is 10.2. The molecule has 0 radical (unpaired) electrons. The lowest BCUT2D eigenvalue weighted by Crippen LogP contribution is -2.12. The van der Waals surface area contributed by atoms with Gasteiger partial charge in [-0.3, -0.25) is 4.79 Å². The summed E-state index contributed by atoms with van der Waals surface area (Å²) in [5, 5.41) is 0.284. The number of carbonyl (C=O) groups excluding carboxylic acids is 1. The molecule has 0 bridgehead atoms. The molecular formula is C9H11ClN2O2. The van der Waals surface area contributed by atoms with Crippen LogP contribution in [0.1, 0.15) is 10.4 Å². The van der Waals surface area contributed by atoms with Crippen molar-refractivity contribution in [3.63, 3.8) is 0 Å². The number of carbonyl (C=O) groups is 1. The SMILES string of the molecule is NCCOc1ccc(C(N)=O)c(Cl)c1. The molecule has 4 nitrogen and oxygen atoms in total. The zero-order chi connectivity index (χ0) is 10.6. The molecule has 0 saturated heterocycles. The van der Waals surface area contributed by atoms with Gasteiger partial charge in [-0.2, -0.15) is 0 Å². The van der Waals surface area contributed by atoms with Gasteiger partial charge in [0.05, 0.1) is 10.6 Å². The Hall–Kier alpha value is -1.26. The first-order chi connectivity index (χ1) is 6.65. The Morgan fingerprint density at radius 2 is 2.21 bits per heavy atom. The van der Waals surface area contributed by atoms with Crippen LogP contribution in [-0.2, 0) is 0 Å².